The third kappa shape index (κ3) is 7.35. The maximum absolute atomic E-state index is 11.6. The molecule has 5 aliphatic rings. The van der Waals surface area contributed by atoms with Crippen molar-refractivity contribution in [2.45, 2.75) is 126 Å². The number of hydrogen-bond acceptors (Lipinski definition) is 4. The number of phenols is 4. The van der Waals surface area contributed by atoms with Crippen LogP contribution in [0, 0.1) is 47.3 Å². The molecule has 5 aliphatic carbocycles. The summed E-state index contributed by atoms with van der Waals surface area (Å²) in [6.07, 6.45) is 18.7. The molecule has 0 aliphatic heterocycles. The largest absolute Gasteiger partial charge is 0.508 e. The first-order chi connectivity index (χ1) is 27.4. The lowest BCUT2D eigenvalue weighted by molar-refractivity contribution is 0.0708. The lowest BCUT2D eigenvalue weighted by atomic mass is 9.55. The molecule has 0 saturated heterocycles. The minimum absolute atomic E-state index is 0.286. The van der Waals surface area contributed by atoms with Crippen molar-refractivity contribution in [1.29, 1.82) is 0 Å². The summed E-state index contributed by atoms with van der Waals surface area (Å²) < 4.78 is 0. The molecule has 9 rings (SSSR count). The van der Waals surface area contributed by atoms with Crippen LogP contribution in [-0.2, 0) is 0 Å². The summed E-state index contributed by atoms with van der Waals surface area (Å²) in [7, 11) is 0. The third-order valence-corrected chi connectivity index (χ3v) is 16.3. The highest BCUT2D eigenvalue weighted by atomic mass is 16.3. The van der Waals surface area contributed by atoms with Crippen molar-refractivity contribution in [3.05, 3.63) is 119 Å². The van der Waals surface area contributed by atoms with Gasteiger partial charge in [0.05, 0.1) is 0 Å². The van der Waals surface area contributed by atoms with Crippen LogP contribution in [0.2, 0.25) is 0 Å². The summed E-state index contributed by atoms with van der Waals surface area (Å²) in [5.41, 5.74) is 4.57. The number of phenolic OH excluding ortho intramolecular Hbond substituents is 4. The molecule has 4 heteroatoms. The second-order valence-electron chi connectivity index (χ2n) is 19.1. The molecule has 8 atom stereocenters. The fourth-order valence-electron chi connectivity index (χ4n) is 14.3. The van der Waals surface area contributed by atoms with Crippen LogP contribution in [0.3, 0.4) is 0 Å². The standard InChI is InChI=1S/C52H64O4/c53-45-25-5-1-21-41(45)49-33-13-9-15-35(29-33)50(42-22-2-6-26-46(42)54)37-17-11-19-39(31-37)52(44-24-4-8-28-48(44)56)40-20-12-18-38(32-40)51(36-16-10-14-34(49)30-36)43-23-3-7-27-47(43)55/h1-8,21-28,33-40,49-56H,9-20,29-32H2. The van der Waals surface area contributed by atoms with Crippen LogP contribution < -0.4 is 0 Å². The van der Waals surface area contributed by atoms with E-state index in [0.29, 0.717) is 70.3 Å². The maximum Gasteiger partial charge on any atom is 0.119 e. The summed E-state index contributed by atoms with van der Waals surface area (Å²) in [6, 6.07) is 33.0. The smallest absolute Gasteiger partial charge is 0.119 e. The van der Waals surface area contributed by atoms with Gasteiger partial charge in [0.25, 0.3) is 0 Å². The van der Waals surface area contributed by atoms with Gasteiger partial charge >= 0.3 is 0 Å². The minimum Gasteiger partial charge on any atom is -0.508 e. The third-order valence-electron chi connectivity index (χ3n) is 16.3. The van der Waals surface area contributed by atoms with Gasteiger partial charge in [-0.05, 0) is 195 Å². The van der Waals surface area contributed by atoms with E-state index in [-0.39, 0.29) is 23.7 Å². The van der Waals surface area contributed by atoms with E-state index in [0.717, 1.165) is 47.9 Å². The average Bonchev–Trinajstić information content (AvgIpc) is 3.22. The molecule has 8 unspecified atom stereocenters. The van der Waals surface area contributed by atoms with Crippen LogP contribution in [0.1, 0.15) is 149 Å². The van der Waals surface area contributed by atoms with E-state index in [9.17, 15) is 20.4 Å². The number of aromatic hydroxyl groups is 4. The molecule has 8 bridgehead atoms. The molecule has 0 radical (unpaired) electrons. The average molecular weight is 753 g/mol. The molecule has 0 aromatic heterocycles. The van der Waals surface area contributed by atoms with Crippen LogP contribution >= 0.6 is 0 Å². The van der Waals surface area contributed by atoms with Gasteiger partial charge in [0.1, 0.15) is 23.0 Å². The zero-order valence-electron chi connectivity index (χ0n) is 33.3. The normalized spacial score (nSPS) is 35.0. The van der Waals surface area contributed by atoms with Gasteiger partial charge in [0.2, 0.25) is 0 Å². The predicted molar refractivity (Wildman–Crippen MR) is 225 cm³/mol. The molecule has 4 N–H and O–H groups in total. The molecular weight excluding hydrogens is 689 g/mol. The van der Waals surface area contributed by atoms with Gasteiger partial charge in [-0.3, -0.25) is 0 Å². The molecule has 5 saturated carbocycles. The van der Waals surface area contributed by atoms with Crippen LogP contribution in [0.4, 0.5) is 0 Å². The molecule has 296 valence electrons. The van der Waals surface area contributed by atoms with E-state index in [4.69, 9.17) is 0 Å². The predicted octanol–water partition coefficient (Wildman–Crippen LogP) is 13.2. The minimum atomic E-state index is 0.286. The topological polar surface area (TPSA) is 80.9 Å². The van der Waals surface area contributed by atoms with E-state index in [1.807, 2.05) is 48.5 Å². The van der Waals surface area contributed by atoms with Crippen LogP contribution in [-0.4, -0.2) is 20.4 Å². The van der Waals surface area contributed by atoms with Gasteiger partial charge in [-0.15, -0.1) is 0 Å². The summed E-state index contributed by atoms with van der Waals surface area (Å²) in [4.78, 5) is 0. The van der Waals surface area contributed by atoms with Gasteiger partial charge < -0.3 is 20.4 Å². The van der Waals surface area contributed by atoms with Gasteiger partial charge in [0, 0.05) is 0 Å². The fourth-order valence-corrected chi connectivity index (χ4v) is 14.3. The Hall–Kier alpha value is -3.92. The first kappa shape index (κ1) is 37.6. The number of benzene rings is 4. The second kappa shape index (κ2) is 16.5. The van der Waals surface area contributed by atoms with Crippen LogP contribution in [0.25, 0.3) is 0 Å². The van der Waals surface area contributed by atoms with Gasteiger partial charge in [-0.2, -0.15) is 0 Å². The zero-order valence-corrected chi connectivity index (χ0v) is 33.3. The molecular formula is C52H64O4. The quantitative estimate of drug-likeness (QED) is 0.167. The van der Waals surface area contributed by atoms with Gasteiger partial charge in [-0.25, -0.2) is 0 Å². The Balaban J connectivity index is 1.20. The Morgan fingerprint density at radius 2 is 0.446 bits per heavy atom. The molecule has 4 aromatic carbocycles. The molecule has 4 aromatic rings. The van der Waals surface area contributed by atoms with E-state index < -0.39 is 0 Å². The van der Waals surface area contributed by atoms with Crippen molar-refractivity contribution >= 4 is 0 Å². The van der Waals surface area contributed by atoms with E-state index in [1.54, 1.807) is 0 Å². The maximum atomic E-state index is 11.6. The van der Waals surface area contributed by atoms with Crippen molar-refractivity contribution in [2.75, 3.05) is 0 Å². The Labute approximate surface area is 335 Å². The number of hydrogen-bond donors (Lipinski definition) is 4. The number of rotatable bonds is 4. The van der Waals surface area contributed by atoms with E-state index >= 15 is 0 Å². The summed E-state index contributed by atoms with van der Waals surface area (Å²) in [5.74, 6) is 6.63. The summed E-state index contributed by atoms with van der Waals surface area (Å²) >= 11 is 0. The van der Waals surface area contributed by atoms with Crippen molar-refractivity contribution in [1.82, 2.24) is 0 Å². The molecule has 0 spiro atoms. The highest BCUT2D eigenvalue weighted by Crippen LogP contribution is 2.60. The summed E-state index contributed by atoms with van der Waals surface area (Å²) in [5, 5.41) is 46.5. The monoisotopic (exact) mass is 752 g/mol. The highest BCUT2D eigenvalue weighted by Gasteiger charge is 2.47. The SMILES string of the molecule is Oc1ccccc1C1C2CCCC(C2)C(c2ccccc2O)C2CCCC(C2)C(c2ccccc2O)C2CCCC(C2)C(c2ccccc2O)C2CCCC1C2. The molecule has 4 nitrogen and oxygen atoms in total. The van der Waals surface area contributed by atoms with Crippen LogP contribution in [0.5, 0.6) is 23.0 Å². The van der Waals surface area contributed by atoms with Crippen molar-refractivity contribution < 1.29 is 20.4 Å². The number of fused-ring (bicyclic) bond motifs is 8. The molecule has 0 heterocycles. The van der Waals surface area contributed by atoms with Crippen LogP contribution in [0.15, 0.2) is 97.1 Å². The highest BCUT2D eigenvalue weighted by molar-refractivity contribution is 5.40. The Morgan fingerprint density at radius 1 is 0.268 bits per heavy atom. The van der Waals surface area contributed by atoms with Crippen molar-refractivity contribution in [3.8, 4) is 23.0 Å². The Kier molecular flexibility index (Phi) is 11.1. The molecule has 5 fully saturated rings. The van der Waals surface area contributed by atoms with Crippen molar-refractivity contribution in [3.63, 3.8) is 0 Å². The van der Waals surface area contributed by atoms with Gasteiger partial charge in [0.15, 0.2) is 0 Å². The Morgan fingerprint density at radius 3 is 0.625 bits per heavy atom. The van der Waals surface area contributed by atoms with E-state index in [1.165, 1.54) is 77.0 Å². The zero-order chi connectivity index (χ0) is 38.2. The molecule has 56 heavy (non-hydrogen) atoms. The number of para-hydroxylation sites is 4. The lowest BCUT2D eigenvalue weighted by Crippen LogP contribution is -2.38. The molecule has 0 amide bonds. The lowest BCUT2D eigenvalue weighted by Gasteiger charge is -2.50. The first-order valence-electron chi connectivity index (χ1n) is 22.6. The van der Waals surface area contributed by atoms with E-state index in [2.05, 4.69) is 48.5 Å². The second-order valence-corrected chi connectivity index (χ2v) is 19.1. The van der Waals surface area contributed by atoms with Crippen molar-refractivity contribution in [2.24, 2.45) is 47.3 Å². The first-order valence-corrected chi connectivity index (χ1v) is 22.6. The fraction of sp³-hybridized carbons (Fsp3) is 0.538. The van der Waals surface area contributed by atoms with Gasteiger partial charge in [-0.1, -0.05) is 98.5 Å². The summed E-state index contributed by atoms with van der Waals surface area (Å²) in [6.45, 7) is 0. The Bertz CT molecular complexity index is 1620.